The zero-order valence-corrected chi connectivity index (χ0v) is 34.0. The van der Waals surface area contributed by atoms with Crippen LogP contribution in [0, 0.1) is 0 Å². The Kier molecular flexibility index (Phi) is 9.28. The van der Waals surface area contributed by atoms with Crippen molar-refractivity contribution in [1.29, 1.82) is 0 Å². The van der Waals surface area contributed by atoms with Crippen molar-refractivity contribution in [3.63, 3.8) is 0 Å². The Morgan fingerprint density at radius 1 is 0.226 bits per heavy atom. The van der Waals surface area contributed by atoms with Gasteiger partial charge in [-0.05, 0) is 61.7 Å². The van der Waals surface area contributed by atoms with Crippen molar-refractivity contribution in [2.24, 2.45) is 0 Å². The van der Waals surface area contributed by atoms with Gasteiger partial charge < -0.3 is 0 Å². The minimum absolute atomic E-state index is 0.620. The first-order valence-corrected chi connectivity index (χ1v) is 21.2. The highest BCUT2D eigenvalue weighted by Gasteiger charge is 2.61. The van der Waals surface area contributed by atoms with Crippen molar-refractivity contribution in [3.8, 4) is 56.4 Å². The Morgan fingerprint density at radius 3 is 1.00 bits per heavy atom. The fourth-order valence-corrected chi connectivity index (χ4v) is 10.0. The minimum atomic E-state index is -0.736. The molecule has 1 heterocycles. The van der Waals surface area contributed by atoms with Gasteiger partial charge in [-0.2, -0.15) is 0 Å². The lowest BCUT2D eigenvalue weighted by molar-refractivity contribution is 0.415. The van der Waals surface area contributed by atoms with E-state index in [9.17, 15) is 0 Å². The first-order chi connectivity index (χ1) is 30.7. The van der Waals surface area contributed by atoms with Crippen LogP contribution in [-0.2, 0) is 10.8 Å². The van der Waals surface area contributed by atoms with Crippen LogP contribution < -0.4 is 0 Å². The molecule has 1 aromatic heterocycles. The lowest BCUT2D eigenvalue weighted by Crippen LogP contribution is -2.54. The summed E-state index contributed by atoms with van der Waals surface area (Å²) >= 11 is 0. The van der Waals surface area contributed by atoms with Crippen LogP contribution in [0.2, 0.25) is 0 Å². The largest absolute Gasteiger partial charge is 0.208 e. The van der Waals surface area contributed by atoms with Crippen molar-refractivity contribution < 1.29 is 0 Å². The molecule has 0 unspecified atom stereocenters. The van der Waals surface area contributed by atoms with E-state index in [1.54, 1.807) is 0 Å². The predicted molar refractivity (Wildman–Crippen MR) is 253 cm³/mol. The molecule has 1 aliphatic carbocycles. The summed E-state index contributed by atoms with van der Waals surface area (Å²) in [7, 11) is 0. The molecule has 0 radical (unpaired) electrons. The Balaban J connectivity index is 1.20. The molecule has 1 aliphatic rings. The van der Waals surface area contributed by atoms with Crippen LogP contribution in [-0.4, -0.2) is 15.0 Å². The monoisotopic (exact) mass is 791 g/mol. The number of nitrogens with zero attached hydrogens (tertiary/aromatic N) is 3. The fraction of sp³-hybridized carbons (Fsp3) is 0.0339. The summed E-state index contributed by atoms with van der Waals surface area (Å²) < 4.78 is 0. The SMILES string of the molecule is c1ccc(-c2ccc(-c3nc(-c4ccccc4)nc(-c4ccc5c(c4)-c4ccccc4C(c4ccccc4)(c4ccccc4)C5(c4ccccc4)c4ccccc4)n3)cc2)cc1. The van der Waals surface area contributed by atoms with Gasteiger partial charge in [-0.25, -0.2) is 15.0 Å². The summed E-state index contributed by atoms with van der Waals surface area (Å²) in [6.45, 7) is 0. The van der Waals surface area contributed by atoms with Crippen LogP contribution >= 0.6 is 0 Å². The summed E-state index contributed by atoms with van der Waals surface area (Å²) in [4.78, 5) is 15.6. The fourth-order valence-electron chi connectivity index (χ4n) is 10.0. The van der Waals surface area contributed by atoms with E-state index in [1.807, 2.05) is 24.3 Å². The highest BCUT2D eigenvalue weighted by Crippen LogP contribution is 2.65. The van der Waals surface area contributed by atoms with Gasteiger partial charge >= 0.3 is 0 Å². The smallest absolute Gasteiger partial charge is 0.164 e. The van der Waals surface area contributed by atoms with E-state index in [0.717, 1.165) is 27.8 Å². The molecule has 0 spiro atoms. The molecule has 3 nitrogen and oxygen atoms in total. The van der Waals surface area contributed by atoms with Gasteiger partial charge in [-0.3, -0.25) is 0 Å². The van der Waals surface area contributed by atoms with Crippen molar-refractivity contribution >= 4 is 0 Å². The van der Waals surface area contributed by atoms with Gasteiger partial charge in [0.05, 0.1) is 10.8 Å². The Hall–Kier alpha value is -8.01. The number of benzene rings is 9. The molecule has 0 atom stereocenters. The van der Waals surface area contributed by atoms with Crippen LogP contribution in [0.1, 0.15) is 33.4 Å². The van der Waals surface area contributed by atoms with Crippen LogP contribution in [0.5, 0.6) is 0 Å². The van der Waals surface area contributed by atoms with Gasteiger partial charge in [0, 0.05) is 16.7 Å². The van der Waals surface area contributed by atoms with Gasteiger partial charge in [-0.1, -0.05) is 243 Å². The first kappa shape index (κ1) is 37.0. The third-order valence-electron chi connectivity index (χ3n) is 12.6. The zero-order valence-electron chi connectivity index (χ0n) is 34.0. The van der Waals surface area contributed by atoms with E-state index in [-0.39, 0.29) is 0 Å². The molecule has 0 bridgehead atoms. The second-order valence-electron chi connectivity index (χ2n) is 15.9. The van der Waals surface area contributed by atoms with Crippen molar-refractivity contribution in [1.82, 2.24) is 15.0 Å². The summed E-state index contributed by atoms with van der Waals surface area (Å²) in [6.07, 6.45) is 0. The van der Waals surface area contributed by atoms with Gasteiger partial charge in [0.25, 0.3) is 0 Å². The maximum atomic E-state index is 5.26. The van der Waals surface area contributed by atoms with Crippen molar-refractivity contribution in [3.05, 3.63) is 282 Å². The molecule has 9 aromatic carbocycles. The van der Waals surface area contributed by atoms with Crippen LogP contribution in [0.4, 0.5) is 0 Å². The normalized spacial score (nSPS) is 13.4. The molecule has 0 N–H and O–H groups in total. The molecular formula is C59H41N3. The topological polar surface area (TPSA) is 38.7 Å². The first-order valence-electron chi connectivity index (χ1n) is 21.2. The molecule has 0 amide bonds. The molecule has 292 valence electrons. The third-order valence-corrected chi connectivity index (χ3v) is 12.6. The quantitative estimate of drug-likeness (QED) is 0.154. The van der Waals surface area contributed by atoms with Crippen LogP contribution in [0.15, 0.2) is 249 Å². The maximum Gasteiger partial charge on any atom is 0.164 e. The maximum absolute atomic E-state index is 5.26. The van der Waals surface area contributed by atoms with Gasteiger partial charge in [-0.15, -0.1) is 0 Å². The molecule has 0 aliphatic heterocycles. The van der Waals surface area contributed by atoms with Gasteiger partial charge in [0.15, 0.2) is 17.5 Å². The highest BCUT2D eigenvalue weighted by molar-refractivity contribution is 5.88. The van der Waals surface area contributed by atoms with Crippen molar-refractivity contribution in [2.75, 3.05) is 0 Å². The van der Waals surface area contributed by atoms with Crippen molar-refractivity contribution in [2.45, 2.75) is 10.8 Å². The summed E-state index contributed by atoms with van der Waals surface area (Å²) in [6, 6.07) is 89.5. The lowest BCUT2D eigenvalue weighted by atomic mass is 9.43. The average Bonchev–Trinajstić information content (AvgIpc) is 3.37. The lowest BCUT2D eigenvalue weighted by Gasteiger charge is -2.57. The number of aromatic nitrogens is 3. The van der Waals surface area contributed by atoms with E-state index < -0.39 is 10.8 Å². The molecule has 0 saturated heterocycles. The standard InChI is InChI=1S/C59H41N3/c1-7-21-42(22-8-1)43-35-37-45(38-36-43)56-60-55(44-23-9-2-10-24-44)61-57(62-56)46-39-40-54-52(41-46)51-33-19-20-34-53(51)58(47-25-11-3-12-26-47,48-27-13-4-14-28-48)59(54,49-29-15-5-16-30-49)50-31-17-6-18-32-50/h1-41H. The molecule has 10 aromatic rings. The third kappa shape index (κ3) is 5.93. The van der Waals surface area contributed by atoms with Gasteiger partial charge in [0.2, 0.25) is 0 Å². The number of rotatable bonds is 8. The summed E-state index contributed by atoms with van der Waals surface area (Å²) in [5, 5.41) is 0. The van der Waals surface area contributed by atoms with E-state index >= 15 is 0 Å². The second-order valence-corrected chi connectivity index (χ2v) is 15.9. The Labute approximate surface area is 362 Å². The van der Waals surface area contributed by atoms with Crippen LogP contribution in [0.3, 0.4) is 0 Å². The second kappa shape index (κ2) is 15.5. The van der Waals surface area contributed by atoms with E-state index in [1.165, 1.54) is 44.5 Å². The zero-order chi connectivity index (χ0) is 41.4. The van der Waals surface area contributed by atoms with E-state index in [0.29, 0.717) is 17.5 Å². The molecule has 0 saturated carbocycles. The number of hydrogen-bond donors (Lipinski definition) is 0. The van der Waals surface area contributed by atoms with E-state index in [4.69, 9.17) is 15.0 Å². The van der Waals surface area contributed by atoms with E-state index in [2.05, 4.69) is 224 Å². The Morgan fingerprint density at radius 2 is 0.532 bits per heavy atom. The Bertz CT molecular complexity index is 3060. The van der Waals surface area contributed by atoms with Crippen LogP contribution in [0.25, 0.3) is 56.4 Å². The summed E-state index contributed by atoms with van der Waals surface area (Å²) in [5.74, 6) is 1.88. The summed E-state index contributed by atoms with van der Waals surface area (Å²) in [5.41, 5.74) is 13.3. The molecule has 11 rings (SSSR count). The number of hydrogen-bond acceptors (Lipinski definition) is 3. The molecular weight excluding hydrogens is 751 g/mol. The minimum Gasteiger partial charge on any atom is -0.208 e. The predicted octanol–water partition coefficient (Wildman–Crippen LogP) is 13.9. The number of fused-ring (bicyclic) bond motifs is 3. The molecule has 3 heteroatoms. The molecule has 0 fully saturated rings. The highest BCUT2D eigenvalue weighted by atomic mass is 15.0. The van der Waals surface area contributed by atoms with Gasteiger partial charge in [0.1, 0.15) is 0 Å². The average molecular weight is 792 g/mol. The molecule has 62 heavy (non-hydrogen) atoms.